The first-order chi connectivity index (χ1) is 17.0. The van der Waals surface area contributed by atoms with Gasteiger partial charge in [0.2, 0.25) is 5.91 Å². The second kappa shape index (κ2) is 8.84. The number of ether oxygens (including phenoxy) is 2. The maximum absolute atomic E-state index is 14.3. The third kappa shape index (κ3) is 4.03. The smallest absolute Gasteiger partial charge is 0.303 e. The maximum atomic E-state index is 14.3. The summed E-state index contributed by atoms with van der Waals surface area (Å²) in [6.45, 7) is 9.59. The highest BCUT2D eigenvalue weighted by molar-refractivity contribution is 5.89. The minimum atomic E-state index is -1.08. The van der Waals surface area contributed by atoms with Crippen molar-refractivity contribution in [2.24, 2.45) is 29.1 Å². The fourth-order valence-electron chi connectivity index (χ4n) is 7.54. The van der Waals surface area contributed by atoms with Crippen molar-refractivity contribution in [1.29, 1.82) is 0 Å². The van der Waals surface area contributed by atoms with Gasteiger partial charge in [-0.05, 0) is 56.6 Å². The summed E-state index contributed by atoms with van der Waals surface area (Å²) < 4.78 is 12.4. The Bertz CT molecular complexity index is 1080. The molecule has 10 atom stereocenters. The Balaban J connectivity index is 1.68. The first-order valence-electron chi connectivity index (χ1n) is 13.3. The number of benzene rings is 1. The Morgan fingerprint density at radius 3 is 2.61 bits per heavy atom. The molecule has 1 spiro atoms. The molecule has 36 heavy (non-hydrogen) atoms. The van der Waals surface area contributed by atoms with E-state index in [2.05, 4.69) is 50.4 Å². The van der Waals surface area contributed by atoms with Gasteiger partial charge in [-0.3, -0.25) is 9.59 Å². The van der Waals surface area contributed by atoms with Crippen LogP contribution >= 0.6 is 0 Å². The van der Waals surface area contributed by atoms with Crippen molar-refractivity contribution in [1.82, 2.24) is 5.32 Å². The molecule has 5 rings (SSSR count). The Kier molecular flexibility index (Phi) is 6.19. The van der Waals surface area contributed by atoms with E-state index in [-0.39, 0.29) is 47.3 Å². The van der Waals surface area contributed by atoms with Gasteiger partial charge < -0.3 is 19.9 Å². The van der Waals surface area contributed by atoms with Crippen molar-refractivity contribution in [2.75, 3.05) is 0 Å². The zero-order valence-electron chi connectivity index (χ0n) is 21.9. The van der Waals surface area contributed by atoms with Gasteiger partial charge >= 0.3 is 5.97 Å². The quantitative estimate of drug-likeness (QED) is 0.378. The number of nitrogens with one attached hydrogen (secondary N) is 1. The van der Waals surface area contributed by atoms with Gasteiger partial charge in [0, 0.05) is 24.8 Å². The number of carbonyl (C=O) groups excluding carboxylic acids is 2. The van der Waals surface area contributed by atoms with E-state index in [0.717, 1.165) is 12.0 Å². The van der Waals surface area contributed by atoms with E-state index in [1.807, 2.05) is 18.2 Å². The Hall–Kier alpha value is -2.44. The van der Waals surface area contributed by atoms with E-state index in [4.69, 9.17) is 9.47 Å². The molecule has 2 N–H and O–H groups in total. The van der Waals surface area contributed by atoms with E-state index < -0.39 is 23.1 Å². The molecule has 2 heterocycles. The number of esters is 1. The van der Waals surface area contributed by atoms with Crippen molar-refractivity contribution in [3.63, 3.8) is 0 Å². The molecule has 1 aromatic rings. The van der Waals surface area contributed by atoms with Crippen LogP contribution in [0.15, 0.2) is 54.6 Å². The van der Waals surface area contributed by atoms with Crippen LogP contribution in [0.1, 0.15) is 53.0 Å². The molecule has 0 radical (unpaired) electrons. The molecule has 4 aliphatic rings. The molecular formula is C30H39NO5. The van der Waals surface area contributed by atoms with Gasteiger partial charge in [-0.25, -0.2) is 0 Å². The van der Waals surface area contributed by atoms with Gasteiger partial charge in [0.25, 0.3) is 0 Å². The summed E-state index contributed by atoms with van der Waals surface area (Å²) in [4.78, 5) is 26.7. The van der Waals surface area contributed by atoms with E-state index in [1.54, 1.807) is 19.1 Å². The van der Waals surface area contributed by atoms with Crippen LogP contribution in [-0.2, 0) is 25.5 Å². The number of rotatable bonds is 3. The molecule has 2 aliphatic carbocycles. The number of fused-ring (bicyclic) bond motifs is 2. The summed E-state index contributed by atoms with van der Waals surface area (Å²) in [7, 11) is 0. The lowest BCUT2D eigenvalue weighted by Gasteiger charge is -2.49. The van der Waals surface area contributed by atoms with E-state index in [9.17, 15) is 14.7 Å². The first-order valence-corrected chi connectivity index (χ1v) is 13.3. The van der Waals surface area contributed by atoms with E-state index in [0.29, 0.717) is 12.8 Å². The molecule has 1 aromatic carbocycles. The number of amides is 1. The lowest BCUT2D eigenvalue weighted by atomic mass is 9.51. The van der Waals surface area contributed by atoms with Gasteiger partial charge in [0.05, 0.1) is 17.3 Å². The van der Waals surface area contributed by atoms with Crippen LogP contribution in [0.2, 0.25) is 0 Å². The summed E-state index contributed by atoms with van der Waals surface area (Å²) in [5, 5.41) is 14.5. The van der Waals surface area contributed by atoms with Crippen molar-refractivity contribution >= 4 is 11.9 Å². The topological polar surface area (TPSA) is 88.2 Å². The van der Waals surface area contributed by atoms with Crippen molar-refractivity contribution in [3.05, 3.63) is 60.2 Å². The summed E-state index contributed by atoms with van der Waals surface area (Å²) in [5.41, 5.74) is -1.31. The molecule has 6 heteroatoms. The largest absolute Gasteiger partial charge is 0.457 e. The summed E-state index contributed by atoms with van der Waals surface area (Å²) >= 11 is 0. The van der Waals surface area contributed by atoms with Crippen LogP contribution in [0.4, 0.5) is 0 Å². The SMILES string of the molecule is CC(=O)O[C@@H]1/C=C/[C@](C)(O)C[C@@H](C)C/C=C/[C@H]2[C@@H]3O[C@]3(C)[C@@H](C)[C@H]3[C@H](Cc4ccccc4)NC(=O)C312. The molecule has 0 aromatic heterocycles. The number of aliphatic hydroxyl groups is 1. The highest BCUT2D eigenvalue weighted by atomic mass is 16.6. The van der Waals surface area contributed by atoms with Crippen molar-refractivity contribution in [2.45, 2.75) is 83.3 Å². The predicted octanol–water partition coefficient (Wildman–Crippen LogP) is 3.98. The molecule has 2 saturated heterocycles. The van der Waals surface area contributed by atoms with Crippen LogP contribution < -0.4 is 5.32 Å². The summed E-state index contributed by atoms with van der Waals surface area (Å²) in [6.07, 6.45) is 8.86. The van der Waals surface area contributed by atoms with E-state index >= 15 is 0 Å². The third-order valence-corrected chi connectivity index (χ3v) is 9.24. The van der Waals surface area contributed by atoms with Crippen molar-refractivity contribution in [3.8, 4) is 0 Å². The highest BCUT2D eigenvalue weighted by Crippen LogP contribution is 2.67. The average Bonchev–Trinajstić information content (AvgIpc) is 3.42. The van der Waals surface area contributed by atoms with Crippen molar-refractivity contribution < 1.29 is 24.2 Å². The molecule has 1 unspecified atom stereocenters. The molecule has 2 aliphatic heterocycles. The zero-order valence-corrected chi connectivity index (χ0v) is 21.9. The fourth-order valence-corrected chi connectivity index (χ4v) is 7.54. The zero-order chi connectivity index (χ0) is 25.9. The number of epoxide rings is 1. The molecule has 0 bridgehead atoms. The first kappa shape index (κ1) is 25.2. The van der Waals surface area contributed by atoms with Gasteiger partial charge in [0.1, 0.15) is 11.5 Å². The van der Waals surface area contributed by atoms with Gasteiger partial charge in [0.15, 0.2) is 0 Å². The average molecular weight is 494 g/mol. The minimum Gasteiger partial charge on any atom is -0.457 e. The lowest BCUT2D eigenvalue weighted by molar-refractivity contribution is -0.162. The lowest BCUT2D eigenvalue weighted by Crippen LogP contribution is -2.60. The standard InChI is InChI=1S/C30H39NO5/c1-18-10-9-13-22-26-29(5,36-26)19(2)25-23(16-21-11-7-6-8-12-21)31-27(33)30(22,25)24(35-20(3)32)14-15-28(4,34)17-18/h6-9,11-15,18-19,22-26,34H,10,16-17H2,1-5H3,(H,31,33)/b13-9+,15-14+/t18-,19-,22-,23-,24+,25-,26-,28-,29+,30?/m0/s1. The third-order valence-electron chi connectivity index (χ3n) is 9.24. The van der Waals surface area contributed by atoms with Crippen LogP contribution in [-0.4, -0.2) is 46.4 Å². The van der Waals surface area contributed by atoms with Crippen LogP contribution in [0.25, 0.3) is 0 Å². The molecule has 194 valence electrons. The second-order valence-corrected chi connectivity index (χ2v) is 12.0. The number of hydrogen-bond donors (Lipinski definition) is 2. The number of hydrogen-bond acceptors (Lipinski definition) is 5. The summed E-state index contributed by atoms with van der Waals surface area (Å²) in [5.74, 6) is -0.642. The second-order valence-electron chi connectivity index (χ2n) is 12.0. The normalized spacial score (nSPS) is 47.3. The molecule has 1 saturated carbocycles. The molecular weight excluding hydrogens is 454 g/mol. The van der Waals surface area contributed by atoms with E-state index in [1.165, 1.54) is 6.92 Å². The highest BCUT2D eigenvalue weighted by Gasteiger charge is 2.78. The Labute approximate surface area is 214 Å². The number of allylic oxidation sites excluding steroid dienone is 1. The Morgan fingerprint density at radius 2 is 1.92 bits per heavy atom. The van der Waals surface area contributed by atoms with Gasteiger partial charge in [-0.15, -0.1) is 0 Å². The monoisotopic (exact) mass is 493 g/mol. The predicted molar refractivity (Wildman–Crippen MR) is 137 cm³/mol. The van der Waals surface area contributed by atoms with Crippen LogP contribution in [0.5, 0.6) is 0 Å². The molecule has 1 amide bonds. The molecule has 3 fully saturated rings. The Morgan fingerprint density at radius 1 is 1.19 bits per heavy atom. The number of carbonyl (C=O) groups is 2. The van der Waals surface area contributed by atoms with Gasteiger partial charge in [-0.1, -0.05) is 62.4 Å². The molecule has 6 nitrogen and oxygen atoms in total. The fraction of sp³-hybridized carbons (Fsp3) is 0.600. The van der Waals surface area contributed by atoms with Gasteiger partial charge in [-0.2, -0.15) is 0 Å². The maximum Gasteiger partial charge on any atom is 0.303 e. The van der Waals surface area contributed by atoms with Crippen LogP contribution in [0, 0.1) is 29.1 Å². The minimum absolute atomic E-state index is 0.0517. The van der Waals surface area contributed by atoms with Crippen LogP contribution in [0.3, 0.4) is 0 Å². The summed E-state index contributed by atoms with van der Waals surface area (Å²) in [6, 6.07) is 10.0.